The Morgan fingerprint density at radius 2 is 1.20 bits per heavy atom. The fourth-order valence-electron chi connectivity index (χ4n) is 0.558. The third-order valence-corrected chi connectivity index (χ3v) is 1.27. The predicted octanol–water partition coefficient (Wildman–Crippen LogP) is 3.12. The van der Waals surface area contributed by atoms with E-state index in [1.807, 2.05) is 64.1 Å². The van der Waals surface area contributed by atoms with Crippen LogP contribution in [0.1, 0.15) is 27.7 Å². The van der Waals surface area contributed by atoms with Gasteiger partial charge in [0, 0.05) is 0 Å². The summed E-state index contributed by atoms with van der Waals surface area (Å²) in [6.07, 6.45) is 0.190. The second-order valence-corrected chi connectivity index (χ2v) is 2.29. The molecule has 0 aromatic heterocycles. The largest absolute Gasteiger partial charge is 0.394 e. The lowest BCUT2D eigenvalue weighted by Crippen LogP contribution is -1.88. The molecular formula is C13H24O2. The van der Waals surface area contributed by atoms with Crippen molar-refractivity contribution in [2.75, 3.05) is 13.2 Å². The Hall–Kier alpha value is -0.860. The number of benzene rings is 1. The Bertz CT molecular complexity index is 144. The lowest BCUT2D eigenvalue weighted by molar-refractivity contribution is 0.244. The molecule has 0 aliphatic carbocycles. The molecule has 1 aliphatic heterocycles. The van der Waals surface area contributed by atoms with E-state index in [0.29, 0.717) is 0 Å². The van der Waals surface area contributed by atoms with Gasteiger partial charge in [-0.3, -0.25) is 0 Å². The fraction of sp³-hybridized carbons (Fsp3) is 0.538. The highest BCUT2D eigenvalue weighted by Gasteiger charge is 2.19. The Morgan fingerprint density at radius 3 is 1.27 bits per heavy atom. The molecule has 2 nitrogen and oxygen atoms in total. The van der Waals surface area contributed by atoms with Crippen LogP contribution in [0.5, 0.6) is 0 Å². The third-order valence-electron chi connectivity index (χ3n) is 1.27. The number of hydrogen-bond acceptors (Lipinski definition) is 2. The third kappa shape index (κ3) is 15.9. The van der Waals surface area contributed by atoms with Gasteiger partial charge in [0.05, 0.1) is 13.2 Å². The van der Waals surface area contributed by atoms with E-state index in [2.05, 4.69) is 4.74 Å². The van der Waals surface area contributed by atoms with Gasteiger partial charge in [-0.05, 0) is 0 Å². The average Bonchev–Trinajstić information content (AvgIpc) is 3.21. The number of epoxide rings is 1. The minimum atomic E-state index is 0.190. The zero-order valence-electron chi connectivity index (χ0n) is 10.3. The first-order valence-corrected chi connectivity index (χ1v) is 5.66. The monoisotopic (exact) mass is 212 g/mol. The predicted molar refractivity (Wildman–Crippen MR) is 66.0 cm³/mol. The van der Waals surface area contributed by atoms with Crippen LogP contribution in [0.4, 0.5) is 0 Å². The van der Waals surface area contributed by atoms with Gasteiger partial charge in [0.15, 0.2) is 0 Å². The molecular weight excluding hydrogens is 188 g/mol. The van der Waals surface area contributed by atoms with Gasteiger partial charge in [-0.2, -0.15) is 0 Å². The van der Waals surface area contributed by atoms with Crippen LogP contribution in [0.25, 0.3) is 0 Å². The lowest BCUT2D eigenvalue weighted by atomic mass is 10.4. The summed E-state index contributed by atoms with van der Waals surface area (Å²) in [5.41, 5.74) is 0. The molecule has 15 heavy (non-hydrogen) atoms. The molecule has 88 valence electrons. The second-order valence-electron chi connectivity index (χ2n) is 2.29. The number of ether oxygens (including phenoxy) is 1. The molecule has 0 saturated carbocycles. The van der Waals surface area contributed by atoms with Crippen LogP contribution >= 0.6 is 0 Å². The molecule has 1 aromatic carbocycles. The van der Waals surface area contributed by atoms with Crippen molar-refractivity contribution in [2.24, 2.45) is 0 Å². The van der Waals surface area contributed by atoms with Gasteiger partial charge in [0.1, 0.15) is 6.10 Å². The van der Waals surface area contributed by atoms with Crippen molar-refractivity contribution < 1.29 is 9.84 Å². The summed E-state index contributed by atoms with van der Waals surface area (Å²) in [7, 11) is 0. The van der Waals surface area contributed by atoms with Crippen molar-refractivity contribution in [2.45, 2.75) is 33.8 Å². The van der Waals surface area contributed by atoms with E-state index in [-0.39, 0.29) is 12.7 Å². The molecule has 0 radical (unpaired) electrons. The van der Waals surface area contributed by atoms with E-state index in [9.17, 15) is 0 Å². The molecule has 2 heteroatoms. The summed E-state index contributed by atoms with van der Waals surface area (Å²) in [6.45, 7) is 8.95. The molecule has 0 amide bonds. The van der Waals surface area contributed by atoms with Crippen LogP contribution in [-0.4, -0.2) is 24.4 Å². The number of rotatable bonds is 1. The first-order chi connectivity index (χ1) is 7.43. The molecule has 1 heterocycles. The van der Waals surface area contributed by atoms with Crippen molar-refractivity contribution >= 4 is 0 Å². The second kappa shape index (κ2) is 15.6. The Kier molecular flexibility index (Phi) is 17.2. The minimum absolute atomic E-state index is 0.190. The standard InChI is InChI=1S/C6H6.C3H6O2.2C2H6/c1-2-4-6-5-3-1;4-1-3-2-5-3;2*1-2/h1-6H;3-4H,1-2H2;2*1-2H3. The molecule has 1 saturated heterocycles. The van der Waals surface area contributed by atoms with E-state index < -0.39 is 0 Å². The van der Waals surface area contributed by atoms with Crippen LogP contribution < -0.4 is 0 Å². The van der Waals surface area contributed by atoms with Crippen molar-refractivity contribution in [3.05, 3.63) is 36.4 Å². The van der Waals surface area contributed by atoms with Crippen molar-refractivity contribution in [3.63, 3.8) is 0 Å². The molecule has 1 fully saturated rings. The summed E-state index contributed by atoms with van der Waals surface area (Å²) in [4.78, 5) is 0. The molecule has 1 N–H and O–H groups in total. The maximum absolute atomic E-state index is 8.08. The summed E-state index contributed by atoms with van der Waals surface area (Å²) in [6, 6.07) is 12.0. The molecule has 1 unspecified atom stereocenters. The first-order valence-electron chi connectivity index (χ1n) is 5.66. The van der Waals surface area contributed by atoms with Crippen molar-refractivity contribution in [1.29, 1.82) is 0 Å². The van der Waals surface area contributed by atoms with Gasteiger partial charge in [-0.1, -0.05) is 64.1 Å². The zero-order chi connectivity index (χ0) is 11.9. The van der Waals surface area contributed by atoms with Crippen LogP contribution in [-0.2, 0) is 4.74 Å². The van der Waals surface area contributed by atoms with Crippen molar-refractivity contribution in [1.82, 2.24) is 0 Å². The molecule has 1 aliphatic rings. The van der Waals surface area contributed by atoms with E-state index in [0.717, 1.165) is 6.61 Å². The zero-order valence-corrected chi connectivity index (χ0v) is 10.3. The molecule has 0 spiro atoms. The highest BCUT2D eigenvalue weighted by Crippen LogP contribution is 2.04. The maximum atomic E-state index is 8.08. The normalized spacial score (nSPS) is 15.4. The summed E-state index contributed by atoms with van der Waals surface area (Å²) < 4.78 is 4.61. The molecule has 1 aromatic rings. The van der Waals surface area contributed by atoms with Crippen molar-refractivity contribution in [3.8, 4) is 0 Å². The number of aliphatic hydroxyl groups excluding tert-OH is 1. The Morgan fingerprint density at radius 1 is 0.933 bits per heavy atom. The van der Waals surface area contributed by atoms with E-state index in [1.54, 1.807) is 0 Å². The fourth-order valence-corrected chi connectivity index (χ4v) is 0.558. The van der Waals surface area contributed by atoms with Gasteiger partial charge in [-0.25, -0.2) is 0 Å². The smallest absolute Gasteiger partial charge is 0.104 e. The van der Waals surface area contributed by atoms with Gasteiger partial charge in [0.2, 0.25) is 0 Å². The summed E-state index contributed by atoms with van der Waals surface area (Å²) in [5, 5.41) is 8.08. The first kappa shape index (κ1) is 16.6. The highest BCUT2D eigenvalue weighted by atomic mass is 16.6. The molecule has 1 atom stereocenters. The topological polar surface area (TPSA) is 32.8 Å². The van der Waals surface area contributed by atoms with Gasteiger partial charge in [-0.15, -0.1) is 0 Å². The Balaban J connectivity index is 0. The van der Waals surface area contributed by atoms with E-state index in [1.165, 1.54) is 0 Å². The van der Waals surface area contributed by atoms with Gasteiger partial charge < -0.3 is 9.84 Å². The quantitative estimate of drug-likeness (QED) is 0.725. The highest BCUT2D eigenvalue weighted by molar-refractivity contribution is 4.99. The minimum Gasteiger partial charge on any atom is -0.394 e. The number of hydrogen-bond donors (Lipinski definition) is 1. The summed E-state index contributed by atoms with van der Waals surface area (Å²) >= 11 is 0. The van der Waals surface area contributed by atoms with Crippen LogP contribution in [0.15, 0.2) is 36.4 Å². The SMILES string of the molecule is CC.CC.OCC1CO1.c1ccccc1. The molecule has 0 bridgehead atoms. The number of aliphatic hydroxyl groups is 1. The average molecular weight is 212 g/mol. The molecule has 2 rings (SSSR count). The maximum Gasteiger partial charge on any atom is 0.104 e. The Labute approximate surface area is 93.9 Å². The van der Waals surface area contributed by atoms with Crippen LogP contribution in [0.2, 0.25) is 0 Å². The van der Waals surface area contributed by atoms with Crippen LogP contribution in [0.3, 0.4) is 0 Å². The van der Waals surface area contributed by atoms with E-state index in [4.69, 9.17) is 5.11 Å². The lowest BCUT2D eigenvalue weighted by Gasteiger charge is -1.70. The van der Waals surface area contributed by atoms with Gasteiger partial charge >= 0.3 is 0 Å². The summed E-state index contributed by atoms with van der Waals surface area (Å²) in [5.74, 6) is 0. The van der Waals surface area contributed by atoms with Gasteiger partial charge in [0.25, 0.3) is 0 Å². The van der Waals surface area contributed by atoms with E-state index >= 15 is 0 Å². The van der Waals surface area contributed by atoms with Crippen LogP contribution in [0, 0.1) is 0 Å².